The van der Waals surface area contributed by atoms with Crippen LogP contribution in [0.4, 0.5) is 11.4 Å². The van der Waals surface area contributed by atoms with Gasteiger partial charge in [-0.05, 0) is 66.8 Å². The highest BCUT2D eigenvalue weighted by Gasteiger charge is 2.42. The third-order valence-corrected chi connectivity index (χ3v) is 7.16. The number of para-hydroxylation sites is 1. The number of amides is 1. The first kappa shape index (κ1) is 27.3. The van der Waals surface area contributed by atoms with Crippen molar-refractivity contribution in [2.75, 3.05) is 31.0 Å². The molecule has 5 rings (SSSR count). The molecule has 1 aliphatic heterocycles. The molecular formula is C29H26ClN5O4S. The molecule has 40 heavy (non-hydrogen) atoms. The number of methoxy groups -OCH3 is 2. The second-order valence-corrected chi connectivity index (χ2v) is 9.75. The Morgan fingerprint density at radius 2 is 1.88 bits per heavy atom. The molecule has 1 amide bonds. The molecular weight excluding hydrogens is 550 g/mol. The number of hydrogen-bond donors (Lipinski definition) is 2. The van der Waals surface area contributed by atoms with E-state index in [1.54, 1.807) is 30.5 Å². The van der Waals surface area contributed by atoms with Crippen LogP contribution in [0.2, 0.25) is 5.02 Å². The fourth-order valence-corrected chi connectivity index (χ4v) is 5.39. The Bertz CT molecular complexity index is 1560. The number of anilines is 2. The average molecular weight is 576 g/mol. The lowest BCUT2D eigenvalue weighted by atomic mass is 10.0. The highest BCUT2D eigenvalue weighted by molar-refractivity contribution is 7.80. The predicted octanol–water partition coefficient (Wildman–Crippen LogP) is 5.07. The van der Waals surface area contributed by atoms with Gasteiger partial charge in [-0.25, -0.2) is 4.79 Å². The predicted molar refractivity (Wildman–Crippen MR) is 157 cm³/mol. The Kier molecular flexibility index (Phi) is 8.11. The molecule has 11 heteroatoms. The van der Waals surface area contributed by atoms with Crippen molar-refractivity contribution in [3.05, 3.63) is 107 Å². The van der Waals surface area contributed by atoms with E-state index < -0.39 is 5.97 Å². The van der Waals surface area contributed by atoms with Gasteiger partial charge in [-0.2, -0.15) is 0 Å². The lowest BCUT2D eigenvalue weighted by Gasteiger charge is -2.29. The zero-order valence-corrected chi connectivity index (χ0v) is 23.3. The zero-order valence-electron chi connectivity index (χ0n) is 21.7. The Balaban J connectivity index is 1.62. The maximum Gasteiger partial charge on any atom is 0.339 e. The van der Waals surface area contributed by atoms with Crippen LogP contribution in [-0.2, 0) is 14.3 Å². The number of ether oxygens (including phenoxy) is 2. The number of carbonyl (C=O) groups excluding carboxylic acids is 2. The van der Waals surface area contributed by atoms with Crippen molar-refractivity contribution in [1.29, 1.82) is 0 Å². The van der Waals surface area contributed by atoms with E-state index in [0.29, 0.717) is 32.8 Å². The first-order valence-electron chi connectivity index (χ1n) is 12.4. The van der Waals surface area contributed by atoms with Gasteiger partial charge in [-0.15, -0.1) is 0 Å². The molecule has 2 N–H and O–H groups in total. The minimum atomic E-state index is -0.439. The van der Waals surface area contributed by atoms with Crippen LogP contribution in [0.5, 0.6) is 0 Å². The molecule has 0 spiro atoms. The largest absolute Gasteiger partial charge is 0.465 e. The fraction of sp³-hybridized carbons (Fsp3) is 0.172. The Hall–Kier alpha value is -4.25. The molecule has 2 aromatic carbocycles. The number of esters is 1. The highest BCUT2D eigenvalue weighted by atomic mass is 35.5. The van der Waals surface area contributed by atoms with Crippen LogP contribution < -0.4 is 15.5 Å². The summed E-state index contributed by atoms with van der Waals surface area (Å²) in [5.41, 5.74) is 3.91. The van der Waals surface area contributed by atoms with Crippen molar-refractivity contribution in [3.8, 4) is 5.69 Å². The number of aromatic nitrogens is 2. The summed E-state index contributed by atoms with van der Waals surface area (Å²) in [6.45, 7) is -0.0872. The van der Waals surface area contributed by atoms with E-state index in [0.717, 1.165) is 11.4 Å². The van der Waals surface area contributed by atoms with Gasteiger partial charge in [-0.3, -0.25) is 9.78 Å². The van der Waals surface area contributed by atoms with E-state index in [2.05, 4.69) is 15.6 Å². The van der Waals surface area contributed by atoms with Gasteiger partial charge in [0, 0.05) is 30.9 Å². The topological polar surface area (TPSA) is 97.7 Å². The van der Waals surface area contributed by atoms with Crippen LogP contribution in [0.3, 0.4) is 0 Å². The second-order valence-electron chi connectivity index (χ2n) is 8.95. The van der Waals surface area contributed by atoms with Crippen molar-refractivity contribution >= 4 is 52.2 Å². The molecule has 0 aliphatic carbocycles. The molecule has 3 heterocycles. The number of benzene rings is 2. The van der Waals surface area contributed by atoms with Gasteiger partial charge in [-0.1, -0.05) is 29.8 Å². The number of nitrogens with zero attached hydrogens (tertiary/aromatic N) is 3. The first-order chi connectivity index (χ1) is 19.4. The van der Waals surface area contributed by atoms with Gasteiger partial charge in [0.1, 0.15) is 12.6 Å². The molecule has 0 unspecified atom stereocenters. The van der Waals surface area contributed by atoms with Crippen molar-refractivity contribution in [3.63, 3.8) is 0 Å². The molecule has 0 saturated carbocycles. The Labute approximate surface area is 241 Å². The fourth-order valence-electron chi connectivity index (χ4n) is 4.83. The molecule has 204 valence electrons. The van der Waals surface area contributed by atoms with Crippen molar-refractivity contribution in [2.45, 2.75) is 12.1 Å². The van der Waals surface area contributed by atoms with Crippen LogP contribution in [0.1, 0.15) is 33.8 Å². The first-order valence-corrected chi connectivity index (χ1v) is 13.2. The molecule has 1 saturated heterocycles. The third-order valence-electron chi connectivity index (χ3n) is 6.53. The Morgan fingerprint density at radius 1 is 1.07 bits per heavy atom. The molecule has 1 fully saturated rings. The SMILES string of the molecule is COCC(=O)Nc1ccc(N2C(=S)N[C@H](c3ccccn3)[C@H]2c2cccn2-c2ccccc2C(=O)OC)cc1Cl. The minimum Gasteiger partial charge on any atom is -0.465 e. The molecule has 1 aliphatic rings. The van der Waals surface area contributed by atoms with E-state index >= 15 is 0 Å². The molecule has 4 aromatic rings. The quantitative estimate of drug-likeness (QED) is 0.222. The summed E-state index contributed by atoms with van der Waals surface area (Å²) in [5.74, 6) is -0.753. The van der Waals surface area contributed by atoms with E-state index in [9.17, 15) is 9.59 Å². The van der Waals surface area contributed by atoms with Crippen LogP contribution in [0.25, 0.3) is 5.69 Å². The summed E-state index contributed by atoms with van der Waals surface area (Å²) in [5, 5.41) is 6.99. The number of hydrogen-bond acceptors (Lipinski definition) is 6. The van der Waals surface area contributed by atoms with E-state index in [1.807, 2.05) is 64.2 Å². The molecule has 9 nitrogen and oxygen atoms in total. The second kappa shape index (κ2) is 11.9. The summed E-state index contributed by atoms with van der Waals surface area (Å²) < 4.78 is 11.9. The van der Waals surface area contributed by atoms with Gasteiger partial charge in [0.2, 0.25) is 5.91 Å². The van der Waals surface area contributed by atoms with Crippen LogP contribution >= 0.6 is 23.8 Å². The standard InChI is InChI=1S/C29H26ClN5O4S/c1-38-17-25(36)32-21-13-12-18(16-20(21)30)35-27(26(33-29(35)40)22-9-5-6-14-31-22)24-11-7-15-34(24)23-10-4-3-8-19(23)28(37)39-2/h3-16,26-27H,17H2,1-2H3,(H,32,36)(H,33,40)/t26-,27-/m1/s1. The number of pyridine rings is 1. The molecule has 2 aromatic heterocycles. The van der Waals surface area contributed by atoms with Crippen molar-refractivity contribution in [2.24, 2.45) is 0 Å². The highest BCUT2D eigenvalue weighted by Crippen LogP contribution is 2.43. The lowest BCUT2D eigenvalue weighted by molar-refractivity contribution is -0.119. The van der Waals surface area contributed by atoms with Gasteiger partial charge in [0.15, 0.2) is 5.11 Å². The van der Waals surface area contributed by atoms with E-state index in [1.165, 1.54) is 14.2 Å². The maximum atomic E-state index is 12.6. The molecule has 0 radical (unpaired) electrons. The number of thiocarbonyl (C=S) groups is 1. The van der Waals surface area contributed by atoms with Gasteiger partial charge >= 0.3 is 5.97 Å². The summed E-state index contributed by atoms with van der Waals surface area (Å²) in [7, 11) is 2.81. The monoisotopic (exact) mass is 575 g/mol. The Morgan fingerprint density at radius 3 is 2.60 bits per heavy atom. The lowest BCUT2D eigenvalue weighted by Crippen LogP contribution is -2.30. The molecule has 2 atom stereocenters. The van der Waals surface area contributed by atoms with E-state index in [4.69, 9.17) is 33.3 Å². The normalized spacial score (nSPS) is 16.5. The smallest absolute Gasteiger partial charge is 0.339 e. The minimum absolute atomic E-state index is 0.0872. The maximum absolute atomic E-state index is 12.6. The molecule has 0 bridgehead atoms. The number of nitrogens with one attached hydrogen (secondary N) is 2. The third kappa shape index (κ3) is 5.29. The van der Waals surface area contributed by atoms with E-state index in [-0.39, 0.29) is 24.6 Å². The van der Waals surface area contributed by atoms with Crippen LogP contribution in [-0.4, -0.2) is 47.4 Å². The van der Waals surface area contributed by atoms with Gasteiger partial charge < -0.3 is 29.6 Å². The van der Waals surface area contributed by atoms with Crippen LogP contribution in [0.15, 0.2) is 85.2 Å². The van der Waals surface area contributed by atoms with Crippen molar-refractivity contribution < 1.29 is 19.1 Å². The summed E-state index contributed by atoms with van der Waals surface area (Å²) in [6.07, 6.45) is 3.63. The summed E-state index contributed by atoms with van der Waals surface area (Å²) in [4.78, 5) is 31.3. The zero-order chi connectivity index (χ0) is 28.2. The number of halogens is 1. The average Bonchev–Trinajstić information content (AvgIpc) is 3.58. The number of rotatable bonds is 8. The number of carbonyl (C=O) groups is 2. The summed E-state index contributed by atoms with van der Waals surface area (Å²) in [6, 6.07) is 21.5. The summed E-state index contributed by atoms with van der Waals surface area (Å²) >= 11 is 12.5. The van der Waals surface area contributed by atoms with Crippen molar-refractivity contribution in [1.82, 2.24) is 14.9 Å². The van der Waals surface area contributed by atoms with Crippen LogP contribution in [0, 0.1) is 0 Å². The van der Waals surface area contributed by atoms with Gasteiger partial charge in [0.05, 0.1) is 40.8 Å². The van der Waals surface area contributed by atoms with Gasteiger partial charge in [0.25, 0.3) is 0 Å².